The average molecular weight is 547 g/mol. The Kier molecular flexibility index (Phi) is 8.10. The molecule has 2 amide bonds. The smallest absolute Gasteiger partial charge is 0.320 e. The van der Waals surface area contributed by atoms with Gasteiger partial charge >= 0.3 is 6.03 Å². The molecule has 3 atom stereocenters. The number of pyridine rings is 1. The van der Waals surface area contributed by atoms with Gasteiger partial charge in [0, 0.05) is 55.1 Å². The minimum atomic E-state index is -0.527. The van der Waals surface area contributed by atoms with Gasteiger partial charge in [0.2, 0.25) is 0 Å². The first kappa shape index (κ1) is 27.1. The predicted octanol–water partition coefficient (Wildman–Crippen LogP) is 5.60. The van der Waals surface area contributed by atoms with Gasteiger partial charge in [-0.15, -0.1) is 0 Å². The molecule has 2 aromatic rings. The van der Waals surface area contributed by atoms with E-state index in [2.05, 4.69) is 5.32 Å². The summed E-state index contributed by atoms with van der Waals surface area (Å²) in [4.78, 5) is 30.3. The lowest BCUT2D eigenvalue weighted by Crippen LogP contribution is -2.57. The molecule has 1 saturated carbocycles. The van der Waals surface area contributed by atoms with Gasteiger partial charge in [-0.25, -0.2) is 13.6 Å². The van der Waals surface area contributed by atoms with Crippen molar-refractivity contribution in [3.05, 3.63) is 69.1 Å². The Labute approximate surface area is 227 Å². The Morgan fingerprint density at radius 1 is 1.13 bits per heavy atom. The van der Waals surface area contributed by atoms with E-state index in [9.17, 15) is 18.4 Å². The number of carbonyl (C=O) groups excluding carboxylic acids is 1. The summed E-state index contributed by atoms with van der Waals surface area (Å²) in [5.41, 5.74) is 0.0931. The van der Waals surface area contributed by atoms with Crippen molar-refractivity contribution >= 4 is 17.6 Å². The van der Waals surface area contributed by atoms with E-state index in [1.165, 1.54) is 12.1 Å². The molecule has 0 bridgehead atoms. The molecule has 3 aliphatic rings. The molecule has 1 spiro atoms. The number of urea groups is 1. The minimum absolute atomic E-state index is 0.0469. The number of hydrogen-bond acceptors (Lipinski definition) is 3. The number of likely N-dealkylation sites (tertiary alicyclic amines) is 2. The van der Waals surface area contributed by atoms with Crippen molar-refractivity contribution < 1.29 is 13.6 Å². The Hall–Kier alpha value is -2.45. The summed E-state index contributed by atoms with van der Waals surface area (Å²) in [6, 6.07) is 6.22. The normalized spacial score (nSPS) is 25.2. The van der Waals surface area contributed by atoms with Crippen LogP contribution in [0, 0.1) is 23.0 Å². The van der Waals surface area contributed by atoms with Gasteiger partial charge < -0.3 is 19.7 Å². The van der Waals surface area contributed by atoms with Crippen LogP contribution in [0.1, 0.15) is 63.5 Å². The molecular formula is C29H37ClF2N4O2. The van der Waals surface area contributed by atoms with Crippen molar-refractivity contribution in [3.63, 3.8) is 0 Å². The summed E-state index contributed by atoms with van der Waals surface area (Å²) in [6.45, 7) is 5.12. The van der Waals surface area contributed by atoms with Crippen LogP contribution in [0.2, 0.25) is 5.02 Å². The Balaban J connectivity index is 1.37. The monoisotopic (exact) mass is 546 g/mol. The molecule has 6 nitrogen and oxygen atoms in total. The summed E-state index contributed by atoms with van der Waals surface area (Å²) in [6.07, 6.45) is 8.14. The number of nitrogens with zero attached hydrogens (tertiary/aromatic N) is 3. The molecule has 3 fully saturated rings. The van der Waals surface area contributed by atoms with Crippen LogP contribution in [0.15, 0.2) is 41.3 Å². The van der Waals surface area contributed by atoms with Crippen LogP contribution in [0.5, 0.6) is 0 Å². The van der Waals surface area contributed by atoms with Crippen molar-refractivity contribution in [1.82, 2.24) is 19.7 Å². The zero-order chi connectivity index (χ0) is 26.9. The summed E-state index contributed by atoms with van der Waals surface area (Å²) >= 11 is 6.00. The standard InChI is InChI=1S/C29H37ClF2N4O2/c1-2-33-23-9-14-36(26(17-23)24-16-22(31)5-6-25(24)32)28(38)35-12-7-20(29(19-35)10-3-4-11-29)18-34-13-8-21(30)15-27(34)37/h5-6,8,13,15-16,20,23,26,33H,2-4,7,9-12,14,17-19H2,1H3/t20-,23+,26-/m0/s1. The van der Waals surface area contributed by atoms with Gasteiger partial charge in [-0.2, -0.15) is 0 Å². The lowest BCUT2D eigenvalue weighted by Gasteiger charge is -2.49. The number of aromatic nitrogens is 1. The molecule has 1 aliphatic carbocycles. The molecular weight excluding hydrogens is 510 g/mol. The molecule has 1 N–H and O–H groups in total. The molecule has 0 radical (unpaired) electrons. The molecule has 0 unspecified atom stereocenters. The summed E-state index contributed by atoms with van der Waals surface area (Å²) in [5.74, 6) is -0.697. The molecule has 1 aromatic carbocycles. The molecule has 5 rings (SSSR count). The van der Waals surface area contributed by atoms with Gasteiger partial charge in [0.15, 0.2) is 0 Å². The number of hydrogen-bond donors (Lipinski definition) is 1. The topological polar surface area (TPSA) is 57.6 Å². The van der Waals surface area contributed by atoms with Crippen molar-refractivity contribution in [3.8, 4) is 0 Å². The van der Waals surface area contributed by atoms with E-state index in [0.29, 0.717) is 37.6 Å². The quantitative estimate of drug-likeness (QED) is 0.531. The SMILES string of the molecule is CCN[C@@H]1CCN(C(=O)N2CC[C@@H](Cn3ccc(Cl)cc3=O)C3(CCCC3)C2)[C@H](c2cc(F)ccc2F)C1. The lowest BCUT2D eigenvalue weighted by molar-refractivity contribution is 0.0205. The lowest BCUT2D eigenvalue weighted by atomic mass is 9.69. The Bertz CT molecular complexity index is 1220. The highest BCUT2D eigenvalue weighted by Gasteiger charge is 2.47. The van der Waals surface area contributed by atoms with E-state index in [1.807, 2.05) is 11.8 Å². The number of halogens is 3. The minimum Gasteiger partial charge on any atom is -0.324 e. The highest BCUT2D eigenvalue weighted by Crippen LogP contribution is 2.49. The number of rotatable bonds is 5. The fourth-order valence-electron chi connectivity index (χ4n) is 7.09. The third kappa shape index (κ3) is 5.48. The zero-order valence-corrected chi connectivity index (χ0v) is 22.7. The van der Waals surface area contributed by atoms with Crippen LogP contribution in [0.4, 0.5) is 13.6 Å². The molecule has 2 aliphatic heterocycles. The van der Waals surface area contributed by atoms with Crippen LogP contribution in [-0.2, 0) is 6.54 Å². The third-order valence-corrected chi connectivity index (χ3v) is 9.26. The van der Waals surface area contributed by atoms with Crippen molar-refractivity contribution in [1.29, 1.82) is 0 Å². The molecule has 2 saturated heterocycles. The number of nitrogens with one attached hydrogen (secondary N) is 1. The van der Waals surface area contributed by atoms with Gasteiger partial charge in [0.05, 0.1) is 6.04 Å². The zero-order valence-electron chi connectivity index (χ0n) is 22.0. The molecule has 9 heteroatoms. The fraction of sp³-hybridized carbons (Fsp3) is 0.586. The second-order valence-electron chi connectivity index (χ2n) is 11.2. The molecule has 206 valence electrons. The van der Waals surface area contributed by atoms with Crippen molar-refractivity contribution in [2.75, 3.05) is 26.2 Å². The fourth-order valence-corrected chi connectivity index (χ4v) is 7.24. The predicted molar refractivity (Wildman–Crippen MR) is 144 cm³/mol. The van der Waals surface area contributed by atoms with Crippen LogP contribution < -0.4 is 10.9 Å². The number of benzene rings is 1. The van der Waals surface area contributed by atoms with Crippen LogP contribution in [0.25, 0.3) is 0 Å². The van der Waals surface area contributed by atoms with Gasteiger partial charge in [-0.1, -0.05) is 31.4 Å². The van der Waals surface area contributed by atoms with Gasteiger partial charge in [0.25, 0.3) is 5.56 Å². The molecule has 3 heterocycles. The van der Waals surface area contributed by atoms with Crippen molar-refractivity contribution in [2.24, 2.45) is 11.3 Å². The molecule has 1 aromatic heterocycles. The first-order valence-electron chi connectivity index (χ1n) is 13.9. The van der Waals surface area contributed by atoms with E-state index in [-0.39, 0.29) is 34.5 Å². The maximum Gasteiger partial charge on any atom is 0.320 e. The first-order chi connectivity index (χ1) is 18.3. The van der Waals surface area contributed by atoms with E-state index >= 15 is 0 Å². The maximum atomic E-state index is 14.9. The van der Waals surface area contributed by atoms with Crippen molar-refractivity contribution in [2.45, 2.75) is 70.5 Å². The van der Waals surface area contributed by atoms with Gasteiger partial charge in [-0.05, 0) is 74.2 Å². The molecule has 38 heavy (non-hydrogen) atoms. The van der Waals surface area contributed by atoms with E-state index < -0.39 is 17.7 Å². The van der Waals surface area contributed by atoms with Crippen LogP contribution in [0.3, 0.4) is 0 Å². The highest BCUT2D eigenvalue weighted by atomic mass is 35.5. The van der Waals surface area contributed by atoms with E-state index in [4.69, 9.17) is 11.6 Å². The Morgan fingerprint density at radius 3 is 2.66 bits per heavy atom. The largest absolute Gasteiger partial charge is 0.324 e. The van der Waals surface area contributed by atoms with Crippen LogP contribution in [-0.4, -0.2) is 52.6 Å². The second-order valence-corrected chi connectivity index (χ2v) is 11.7. The van der Waals surface area contributed by atoms with Gasteiger partial charge in [-0.3, -0.25) is 4.79 Å². The Morgan fingerprint density at radius 2 is 1.92 bits per heavy atom. The summed E-state index contributed by atoms with van der Waals surface area (Å²) in [7, 11) is 0. The first-order valence-corrected chi connectivity index (χ1v) is 14.3. The second kappa shape index (κ2) is 11.3. The maximum absolute atomic E-state index is 14.9. The highest BCUT2D eigenvalue weighted by molar-refractivity contribution is 6.30. The number of amides is 2. The van der Waals surface area contributed by atoms with E-state index in [1.54, 1.807) is 21.7 Å². The average Bonchev–Trinajstić information content (AvgIpc) is 3.36. The van der Waals surface area contributed by atoms with E-state index in [0.717, 1.165) is 57.2 Å². The number of piperidine rings is 2. The van der Waals surface area contributed by atoms with Crippen LogP contribution >= 0.6 is 11.6 Å². The van der Waals surface area contributed by atoms with Gasteiger partial charge in [0.1, 0.15) is 11.6 Å². The third-order valence-electron chi connectivity index (χ3n) is 9.02. The summed E-state index contributed by atoms with van der Waals surface area (Å²) in [5, 5.41) is 3.86. The number of carbonyl (C=O) groups is 1. The summed E-state index contributed by atoms with van der Waals surface area (Å²) < 4.78 is 30.8.